The van der Waals surface area contributed by atoms with Crippen molar-refractivity contribution in [1.82, 2.24) is 10.6 Å². The van der Waals surface area contributed by atoms with E-state index in [9.17, 15) is 41.0 Å². The van der Waals surface area contributed by atoms with Crippen molar-refractivity contribution < 1.29 is 50.5 Å². The third-order valence-electron chi connectivity index (χ3n) is 4.46. The van der Waals surface area contributed by atoms with Gasteiger partial charge in [0.15, 0.2) is 6.10 Å². The molecule has 0 aliphatic heterocycles. The minimum Gasteiger partial charge on any atom is -0.497 e. The Bertz CT molecular complexity index is 786. The Balaban J connectivity index is 3.15. The SMILES string of the molecule is COc1ccc([C@H](NC(=O)[C@@H](N)COC(F)(F)F)C(=O)N[C@@H](C(C)C)[C@H](O)C(F)(F)F)cc1. The van der Waals surface area contributed by atoms with Gasteiger partial charge in [0.25, 0.3) is 0 Å². The van der Waals surface area contributed by atoms with Crippen molar-refractivity contribution in [2.24, 2.45) is 11.7 Å². The molecule has 0 bridgehead atoms. The zero-order valence-corrected chi connectivity index (χ0v) is 17.8. The highest BCUT2D eigenvalue weighted by atomic mass is 19.4. The molecule has 0 aromatic heterocycles. The monoisotopic (exact) mass is 489 g/mol. The van der Waals surface area contributed by atoms with Crippen LogP contribution in [-0.4, -0.2) is 61.4 Å². The Morgan fingerprint density at radius 2 is 1.58 bits per heavy atom. The Labute approximate surface area is 185 Å². The zero-order valence-electron chi connectivity index (χ0n) is 17.8. The largest absolute Gasteiger partial charge is 0.522 e. The molecule has 14 heteroatoms. The standard InChI is InChI=1S/C19H25F6N3O5/c1-9(2)13(15(29)18(20,21)22)27-17(31)14(10-4-6-11(32-3)7-5-10)28-16(30)12(26)8-33-19(23,24)25/h4-7,9,12-15,29H,8,26H2,1-3H3,(H,27,31)(H,28,30)/t12-,13-,14-,15-/m0/s1. The van der Waals surface area contributed by atoms with E-state index < -0.39 is 61.1 Å². The number of hydrogen-bond acceptors (Lipinski definition) is 6. The summed E-state index contributed by atoms with van der Waals surface area (Å²) in [6.07, 6.45) is -13.0. The summed E-state index contributed by atoms with van der Waals surface area (Å²) in [6, 6.07) is 0.121. The van der Waals surface area contributed by atoms with Gasteiger partial charge < -0.3 is 26.2 Å². The Kier molecular flexibility index (Phi) is 9.93. The molecule has 0 aliphatic rings. The number of alkyl halides is 6. The van der Waals surface area contributed by atoms with Crippen LogP contribution < -0.4 is 21.1 Å². The average Bonchev–Trinajstić information content (AvgIpc) is 2.71. The Morgan fingerprint density at radius 3 is 2.00 bits per heavy atom. The number of methoxy groups -OCH3 is 1. The fraction of sp³-hybridized carbons (Fsp3) is 0.579. The second-order valence-electron chi connectivity index (χ2n) is 7.34. The van der Waals surface area contributed by atoms with Gasteiger partial charge >= 0.3 is 12.5 Å². The summed E-state index contributed by atoms with van der Waals surface area (Å²) in [5.74, 6) is -2.90. The molecule has 0 spiro atoms. The van der Waals surface area contributed by atoms with Crippen LogP contribution in [-0.2, 0) is 14.3 Å². The highest BCUT2D eigenvalue weighted by Gasteiger charge is 2.45. The maximum atomic E-state index is 13.0. The van der Waals surface area contributed by atoms with Gasteiger partial charge in [-0.3, -0.25) is 14.3 Å². The second-order valence-corrected chi connectivity index (χ2v) is 7.34. The summed E-state index contributed by atoms with van der Waals surface area (Å²) < 4.78 is 84.1. The van der Waals surface area contributed by atoms with Gasteiger partial charge in [-0.05, 0) is 23.6 Å². The van der Waals surface area contributed by atoms with Crippen LogP contribution in [0.4, 0.5) is 26.3 Å². The number of aliphatic hydroxyl groups is 1. The molecule has 0 fully saturated rings. The van der Waals surface area contributed by atoms with Gasteiger partial charge in [-0.1, -0.05) is 26.0 Å². The van der Waals surface area contributed by atoms with Crippen LogP contribution in [0.2, 0.25) is 0 Å². The van der Waals surface area contributed by atoms with Crippen LogP contribution in [0, 0.1) is 5.92 Å². The van der Waals surface area contributed by atoms with Gasteiger partial charge in [-0.2, -0.15) is 13.2 Å². The molecular weight excluding hydrogens is 464 g/mol. The molecule has 33 heavy (non-hydrogen) atoms. The van der Waals surface area contributed by atoms with Gasteiger partial charge in [0.05, 0.1) is 19.8 Å². The molecular formula is C19H25F6N3O5. The molecule has 1 aromatic rings. The molecule has 0 unspecified atom stereocenters. The molecule has 4 atom stereocenters. The fourth-order valence-electron chi connectivity index (χ4n) is 2.67. The van der Waals surface area contributed by atoms with Crippen LogP contribution in [0.1, 0.15) is 25.5 Å². The van der Waals surface area contributed by atoms with E-state index in [2.05, 4.69) is 10.1 Å². The number of carbonyl (C=O) groups is 2. The van der Waals surface area contributed by atoms with Crippen molar-refractivity contribution in [1.29, 1.82) is 0 Å². The van der Waals surface area contributed by atoms with E-state index >= 15 is 0 Å². The normalized spacial score (nSPS) is 16.0. The minimum absolute atomic E-state index is 0.0644. The second kappa shape index (κ2) is 11.5. The summed E-state index contributed by atoms with van der Waals surface area (Å²) in [5.41, 5.74) is 5.44. The number of ether oxygens (including phenoxy) is 2. The van der Waals surface area contributed by atoms with E-state index in [1.54, 1.807) is 0 Å². The number of hydrogen-bond donors (Lipinski definition) is 4. The quantitative estimate of drug-likeness (QED) is 0.372. The van der Waals surface area contributed by atoms with Gasteiger partial charge in [0.1, 0.15) is 17.8 Å². The molecule has 0 saturated heterocycles. The molecule has 0 heterocycles. The minimum atomic E-state index is -5.05. The van der Waals surface area contributed by atoms with E-state index in [-0.39, 0.29) is 5.56 Å². The summed E-state index contributed by atoms with van der Waals surface area (Å²) in [4.78, 5) is 25.1. The molecule has 0 aliphatic carbocycles. The lowest BCUT2D eigenvalue weighted by Crippen LogP contribution is -2.56. The third-order valence-corrected chi connectivity index (χ3v) is 4.46. The number of amides is 2. The van der Waals surface area contributed by atoms with E-state index in [0.29, 0.717) is 5.75 Å². The molecule has 0 radical (unpaired) electrons. The number of nitrogens with one attached hydrogen (secondary N) is 2. The highest BCUT2D eigenvalue weighted by molar-refractivity contribution is 5.90. The van der Waals surface area contributed by atoms with Crippen LogP contribution in [0.25, 0.3) is 0 Å². The number of benzene rings is 1. The number of aliphatic hydroxyl groups excluding tert-OH is 1. The summed E-state index contributed by atoms with van der Waals surface area (Å²) in [7, 11) is 1.35. The zero-order chi connectivity index (χ0) is 25.6. The topological polar surface area (TPSA) is 123 Å². The first kappa shape index (κ1) is 28.5. The highest BCUT2D eigenvalue weighted by Crippen LogP contribution is 2.26. The average molecular weight is 489 g/mol. The van der Waals surface area contributed by atoms with Crippen molar-refractivity contribution in [3.8, 4) is 5.75 Å². The van der Waals surface area contributed by atoms with Crippen molar-refractivity contribution >= 4 is 11.8 Å². The number of halogens is 6. The van der Waals surface area contributed by atoms with Crippen LogP contribution in [0.3, 0.4) is 0 Å². The molecule has 8 nitrogen and oxygen atoms in total. The predicted molar refractivity (Wildman–Crippen MR) is 103 cm³/mol. The summed E-state index contributed by atoms with van der Waals surface area (Å²) in [6.45, 7) is 1.39. The Morgan fingerprint density at radius 1 is 1.03 bits per heavy atom. The summed E-state index contributed by atoms with van der Waals surface area (Å²) in [5, 5.41) is 13.8. The van der Waals surface area contributed by atoms with Gasteiger partial charge in [-0.15, -0.1) is 13.2 Å². The van der Waals surface area contributed by atoms with Crippen molar-refractivity contribution in [3.63, 3.8) is 0 Å². The van der Waals surface area contributed by atoms with E-state index in [4.69, 9.17) is 10.5 Å². The van der Waals surface area contributed by atoms with Crippen molar-refractivity contribution in [2.75, 3.05) is 13.7 Å². The lowest BCUT2D eigenvalue weighted by molar-refractivity contribution is -0.325. The molecule has 0 saturated carbocycles. The van der Waals surface area contributed by atoms with Crippen molar-refractivity contribution in [2.45, 2.75) is 50.6 Å². The first-order chi connectivity index (χ1) is 15.1. The fourth-order valence-corrected chi connectivity index (χ4v) is 2.67. The number of carbonyl (C=O) groups excluding carboxylic acids is 2. The molecule has 2 amide bonds. The number of rotatable bonds is 10. The van der Waals surface area contributed by atoms with Crippen LogP contribution in [0.5, 0.6) is 5.75 Å². The van der Waals surface area contributed by atoms with Crippen LogP contribution >= 0.6 is 0 Å². The molecule has 1 aromatic carbocycles. The maximum absolute atomic E-state index is 13.0. The predicted octanol–water partition coefficient (Wildman–Crippen LogP) is 1.78. The third kappa shape index (κ3) is 9.06. The van der Waals surface area contributed by atoms with Crippen LogP contribution in [0.15, 0.2) is 24.3 Å². The van der Waals surface area contributed by atoms with E-state index in [1.165, 1.54) is 45.2 Å². The lowest BCUT2D eigenvalue weighted by Gasteiger charge is -2.31. The molecule has 188 valence electrons. The summed E-state index contributed by atoms with van der Waals surface area (Å²) >= 11 is 0. The first-order valence-corrected chi connectivity index (χ1v) is 9.52. The molecule has 5 N–H and O–H groups in total. The van der Waals surface area contributed by atoms with Gasteiger partial charge in [0.2, 0.25) is 11.8 Å². The lowest BCUT2D eigenvalue weighted by atomic mass is 9.96. The molecule has 1 rings (SSSR count). The van der Waals surface area contributed by atoms with Gasteiger partial charge in [0, 0.05) is 0 Å². The maximum Gasteiger partial charge on any atom is 0.522 e. The van der Waals surface area contributed by atoms with Gasteiger partial charge in [-0.25, -0.2) is 0 Å². The van der Waals surface area contributed by atoms with Crippen molar-refractivity contribution in [3.05, 3.63) is 29.8 Å². The van der Waals surface area contributed by atoms with E-state index in [0.717, 1.165) is 0 Å². The number of nitrogens with two attached hydrogens (primary N) is 1. The smallest absolute Gasteiger partial charge is 0.497 e. The first-order valence-electron chi connectivity index (χ1n) is 9.52. The van der Waals surface area contributed by atoms with E-state index in [1.807, 2.05) is 5.32 Å². The Hall–Kier alpha value is -2.58.